The van der Waals surface area contributed by atoms with Crippen molar-refractivity contribution in [3.63, 3.8) is 0 Å². The van der Waals surface area contributed by atoms with Crippen LogP contribution in [0.3, 0.4) is 0 Å². The SMILES string of the molecule is O=C(CSc1nccnc1Sc1ccccc1)NCc1ccc(F)cc1F. The summed E-state index contributed by atoms with van der Waals surface area (Å²) >= 11 is 2.72. The molecular formula is C19H15F2N3OS2. The summed E-state index contributed by atoms with van der Waals surface area (Å²) in [4.78, 5) is 21.7. The van der Waals surface area contributed by atoms with Gasteiger partial charge in [0.05, 0.1) is 5.75 Å². The molecule has 1 N–H and O–H groups in total. The minimum Gasteiger partial charge on any atom is -0.351 e. The van der Waals surface area contributed by atoms with Gasteiger partial charge in [0.1, 0.15) is 21.7 Å². The smallest absolute Gasteiger partial charge is 0.230 e. The lowest BCUT2D eigenvalue weighted by Gasteiger charge is -2.08. The molecular weight excluding hydrogens is 388 g/mol. The Morgan fingerprint density at radius 3 is 2.48 bits per heavy atom. The average Bonchev–Trinajstić information content (AvgIpc) is 2.67. The van der Waals surface area contributed by atoms with E-state index in [1.807, 2.05) is 30.3 Å². The normalized spacial score (nSPS) is 10.6. The Bertz CT molecular complexity index is 926. The van der Waals surface area contributed by atoms with Gasteiger partial charge in [-0.05, 0) is 18.2 Å². The molecule has 0 bridgehead atoms. The highest BCUT2D eigenvalue weighted by molar-refractivity contribution is 8.02. The molecule has 3 aromatic rings. The van der Waals surface area contributed by atoms with Gasteiger partial charge in [-0.25, -0.2) is 18.7 Å². The van der Waals surface area contributed by atoms with Crippen LogP contribution in [0.5, 0.6) is 0 Å². The quantitative estimate of drug-likeness (QED) is 0.596. The third-order valence-electron chi connectivity index (χ3n) is 3.42. The Balaban J connectivity index is 1.56. The molecule has 0 saturated carbocycles. The number of nitrogens with zero attached hydrogens (tertiary/aromatic N) is 2. The predicted molar refractivity (Wildman–Crippen MR) is 102 cm³/mol. The molecule has 0 spiro atoms. The number of rotatable bonds is 7. The fraction of sp³-hybridized carbons (Fsp3) is 0.105. The van der Waals surface area contributed by atoms with Crippen LogP contribution in [-0.4, -0.2) is 21.6 Å². The van der Waals surface area contributed by atoms with E-state index >= 15 is 0 Å². The second kappa shape index (κ2) is 9.48. The monoisotopic (exact) mass is 403 g/mol. The first-order valence-corrected chi connectivity index (χ1v) is 9.79. The minimum absolute atomic E-state index is 0.00238. The molecule has 0 atom stereocenters. The van der Waals surface area contributed by atoms with E-state index in [1.165, 1.54) is 29.6 Å². The Kier molecular flexibility index (Phi) is 6.78. The molecule has 27 heavy (non-hydrogen) atoms. The Morgan fingerprint density at radius 2 is 1.74 bits per heavy atom. The lowest BCUT2D eigenvalue weighted by atomic mass is 10.2. The molecule has 0 aliphatic rings. The van der Waals surface area contributed by atoms with Gasteiger partial charge in [-0.1, -0.05) is 47.8 Å². The third-order valence-corrected chi connectivity index (χ3v) is 5.53. The highest BCUT2D eigenvalue weighted by Crippen LogP contribution is 2.32. The highest BCUT2D eigenvalue weighted by atomic mass is 32.2. The fourth-order valence-electron chi connectivity index (χ4n) is 2.13. The van der Waals surface area contributed by atoms with E-state index < -0.39 is 11.6 Å². The summed E-state index contributed by atoms with van der Waals surface area (Å²) < 4.78 is 26.5. The topological polar surface area (TPSA) is 54.9 Å². The van der Waals surface area contributed by atoms with Gasteiger partial charge in [0, 0.05) is 35.5 Å². The molecule has 0 aliphatic carbocycles. The maximum Gasteiger partial charge on any atom is 0.230 e. The number of carbonyl (C=O) groups is 1. The van der Waals surface area contributed by atoms with Gasteiger partial charge >= 0.3 is 0 Å². The van der Waals surface area contributed by atoms with Gasteiger partial charge in [0.25, 0.3) is 0 Å². The first-order valence-electron chi connectivity index (χ1n) is 7.99. The number of nitrogens with one attached hydrogen (secondary N) is 1. The van der Waals surface area contributed by atoms with E-state index in [0.717, 1.165) is 17.0 Å². The van der Waals surface area contributed by atoms with Crippen LogP contribution in [0.1, 0.15) is 5.56 Å². The molecule has 0 fully saturated rings. The summed E-state index contributed by atoms with van der Waals surface area (Å²) in [6, 6.07) is 13.0. The number of halogens is 2. The van der Waals surface area contributed by atoms with Crippen LogP contribution in [0, 0.1) is 11.6 Å². The molecule has 4 nitrogen and oxygen atoms in total. The van der Waals surface area contributed by atoms with Crippen LogP contribution in [0.2, 0.25) is 0 Å². The number of amides is 1. The number of thioether (sulfide) groups is 1. The van der Waals surface area contributed by atoms with Crippen molar-refractivity contribution in [3.8, 4) is 0 Å². The third kappa shape index (κ3) is 5.77. The van der Waals surface area contributed by atoms with Gasteiger partial charge < -0.3 is 5.32 Å². The molecule has 1 heterocycles. The van der Waals surface area contributed by atoms with Crippen molar-refractivity contribution in [1.29, 1.82) is 0 Å². The van der Waals surface area contributed by atoms with Gasteiger partial charge in [0.2, 0.25) is 5.91 Å². The summed E-state index contributed by atoms with van der Waals surface area (Å²) in [5.41, 5.74) is 0.231. The molecule has 0 unspecified atom stereocenters. The molecule has 8 heteroatoms. The van der Waals surface area contributed by atoms with Crippen molar-refractivity contribution in [2.24, 2.45) is 0 Å². The first kappa shape index (κ1) is 19.3. The molecule has 0 aliphatic heterocycles. The van der Waals surface area contributed by atoms with Gasteiger partial charge in [0.15, 0.2) is 0 Å². The van der Waals surface area contributed by atoms with Crippen LogP contribution < -0.4 is 5.32 Å². The van der Waals surface area contributed by atoms with Crippen LogP contribution in [0.4, 0.5) is 8.78 Å². The Morgan fingerprint density at radius 1 is 1.00 bits per heavy atom. The van der Waals surface area contributed by atoms with Gasteiger partial charge in [-0.2, -0.15) is 0 Å². The van der Waals surface area contributed by atoms with Crippen LogP contribution in [-0.2, 0) is 11.3 Å². The second-order valence-electron chi connectivity index (χ2n) is 5.38. The summed E-state index contributed by atoms with van der Waals surface area (Å²) in [6.45, 7) is -0.00238. The van der Waals surface area contributed by atoms with Crippen molar-refractivity contribution in [3.05, 3.63) is 78.1 Å². The predicted octanol–water partition coefficient (Wildman–Crippen LogP) is 4.31. The lowest BCUT2D eigenvalue weighted by Crippen LogP contribution is -2.25. The van der Waals surface area contributed by atoms with Crippen LogP contribution in [0.25, 0.3) is 0 Å². The standard InChI is InChI=1S/C19H15F2N3OS2/c20-14-7-6-13(16(21)10-14)11-24-17(25)12-26-18-19(23-9-8-22-18)27-15-4-2-1-3-5-15/h1-10H,11-12H2,(H,24,25). The van der Waals surface area contributed by atoms with Crippen LogP contribution >= 0.6 is 23.5 Å². The molecule has 1 aromatic heterocycles. The number of hydrogen-bond acceptors (Lipinski definition) is 5. The lowest BCUT2D eigenvalue weighted by molar-refractivity contribution is -0.118. The first-order chi connectivity index (χ1) is 13.1. The van der Waals surface area contributed by atoms with E-state index in [4.69, 9.17) is 0 Å². The Hall–Kier alpha value is -2.45. The zero-order valence-electron chi connectivity index (χ0n) is 14.1. The molecule has 138 valence electrons. The number of hydrogen-bond donors (Lipinski definition) is 1. The molecule has 2 aromatic carbocycles. The van der Waals surface area contributed by atoms with Crippen molar-refractivity contribution < 1.29 is 13.6 Å². The molecule has 0 radical (unpaired) electrons. The largest absolute Gasteiger partial charge is 0.351 e. The van der Waals surface area contributed by atoms with Gasteiger partial charge in [-0.15, -0.1) is 0 Å². The molecule has 0 saturated heterocycles. The van der Waals surface area contributed by atoms with Crippen molar-refractivity contribution >= 4 is 29.4 Å². The number of benzene rings is 2. The summed E-state index contributed by atoms with van der Waals surface area (Å²) in [5, 5.41) is 3.98. The van der Waals surface area contributed by atoms with E-state index in [-0.39, 0.29) is 23.8 Å². The van der Waals surface area contributed by atoms with Crippen molar-refractivity contribution in [2.75, 3.05) is 5.75 Å². The van der Waals surface area contributed by atoms with Crippen LogP contribution in [0.15, 0.2) is 75.9 Å². The van der Waals surface area contributed by atoms with Crippen molar-refractivity contribution in [1.82, 2.24) is 15.3 Å². The highest BCUT2D eigenvalue weighted by Gasteiger charge is 2.11. The van der Waals surface area contributed by atoms with E-state index in [9.17, 15) is 13.6 Å². The van der Waals surface area contributed by atoms with Crippen molar-refractivity contribution in [2.45, 2.75) is 21.5 Å². The Labute approximate surface area is 163 Å². The number of aromatic nitrogens is 2. The fourth-order valence-corrected chi connectivity index (χ4v) is 3.88. The van der Waals surface area contributed by atoms with E-state index in [0.29, 0.717) is 10.1 Å². The minimum atomic E-state index is -0.682. The van der Waals surface area contributed by atoms with Gasteiger partial charge in [-0.3, -0.25) is 4.79 Å². The summed E-state index contributed by atoms with van der Waals surface area (Å²) in [5.74, 6) is -1.49. The maximum absolute atomic E-state index is 13.6. The summed E-state index contributed by atoms with van der Waals surface area (Å²) in [6.07, 6.45) is 3.18. The van der Waals surface area contributed by atoms with E-state index in [1.54, 1.807) is 12.4 Å². The second-order valence-corrected chi connectivity index (χ2v) is 7.41. The molecule has 3 rings (SSSR count). The maximum atomic E-state index is 13.6. The van der Waals surface area contributed by atoms with E-state index in [2.05, 4.69) is 15.3 Å². The zero-order valence-corrected chi connectivity index (χ0v) is 15.7. The number of carbonyl (C=O) groups excluding carboxylic acids is 1. The molecule has 1 amide bonds. The summed E-state index contributed by atoms with van der Waals surface area (Å²) in [7, 11) is 0. The average molecular weight is 403 g/mol. The zero-order chi connectivity index (χ0) is 19.1.